The molecule has 1 aromatic rings. The molecule has 0 aromatic heterocycles. The fourth-order valence-corrected chi connectivity index (χ4v) is 4.39. The normalized spacial score (nSPS) is 16.1. The molecule has 1 saturated heterocycles. The van der Waals surface area contributed by atoms with Crippen molar-refractivity contribution in [3.63, 3.8) is 0 Å². The maximum atomic E-state index is 13.6. The number of nitrogens with one attached hydrogen (secondary N) is 2. The largest absolute Gasteiger partial charge is 0.359 e. The monoisotopic (exact) mass is 542 g/mol. The quantitative estimate of drug-likeness (QED) is 0.344. The Hall–Kier alpha value is -3.53. The highest BCUT2D eigenvalue weighted by molar-refractivity contribution is 6.02. The van der Waals surface area contributed by atoms with E-state index < -0.39 is 40.7 Å². The minimum Gasteiger partial charge on any atom is -0.342 e. The third-order valence-corrected chi connectivity index (χ3v) is 6.98. The van der Waals surface area contributed by atoms with Crippen molar-refractivity contribution in [2.24, 2.45) is 5.41 Å². The molecule has 1 aliphatic heterocycles. The number of carbonyl (C=O) groups is 5. The van der Waals surface area contributed by atoms with Crippen LogP contribution >= 0.6 is 0 Å². The molecule has 10 heteroatoms. The lowest BCUT2D eigenvalue weighted by Crippen LogP contribution is -2.60. The summed E-state index contributed by atoms with van der Waals surface area (Å²) < 4.78 is 0. The third-order valence-electron chi connectivity index (χ3n) is 6.98. The molecule has 2 unspecified atom stereocenters. The number of benzene rings is 1. The Kier molecular flexibility index (Phi) is 10.2. The highest BCUT2D eigenvalue weighted by Crippen LogP contribution is 2.29. The van der Waals surface area contributed by atoms with E-state index >= 15 is 0 Å². The van der Waals surface area contributed by atoms with Crippen LogP contribution in [0.2, 0.25) is 0 Å². The van der Waals surface area contributed by atoms with Gasteiger partial charge in [-0.15, -0.1) is 5.06 Å². The van der Waals surface area contributed by atoms with E-state index in [-0.39, 0.29) is 36.8 Å². The van der Waals surface area contributed by atoms with E-state index in [1.807, 2.05) is 65.8 Å². The maximum absolute atomic E-state index is 13.6. The van der Waals surface area contributed by atoms with Gasteiger partial charge in [-0.05, 0) is 31.9 Å². The smallest absolute Gasteiger partial charge is 0.342 e. The lowest BCUT2D eigenvalue weighted by atomic mass is 9.76. The van der Waals surface area contributed by atoms with Gasteiger partial charge in [0.05, 0.1) is 6.04 Å². The zero-order valence-corrected chi connectivity index (χ0v) is 24.5. The molecule has 0 saturated carbocycles. The molecule has 2 rings (SSSR count). The van der Waals surface area contributed by atoms with Crippen molar-refractivity contribution in [3.05, 3.63) is 47.0 Å². The molecule has 214 valence electrons. The molecule has 0 aliphatic carbocycles. The van der Waals surface area contributed by atoms with E-state index in [1.54, 1.807) is 14.1 Å². The molecule has 2 atom stereocenters. The zero-order valence-electron chi connectivity index (χ0n) is 24.5. The summed E-state index contributed by atoms with van der Waals surface area (Å²) in [5, 5.41) is 6.57. The summed E-state index contributed by atoms with van der Waals surface area (Å²) in [6.07, 6.45) is 1.48. The van der Waals surface area contributed by atoms with Crippen molar-refractivity contribution in [1.29, 1.82) is 0 Å². The number of nitrogens with zero attached hydrogens (tertiary/aromatic N) is 2. The minimum atomic E-state index is -0.852. The molecule has 0 spiro atoms. The molecular weight excluding hydrogens is 500 g/mol. The van der Waals surface area contributed by atoms with Crippen molar-refractivity contribution in [1.82, 2.24) is 20.6 Å². The molecule has 1 aliphatic rings. The number of hydroxylamine groups is 2. The van der Waals surface area contributed by atoms with Crippen LogP contribution < -0.4 is 10.6 Å². The predicted molar refractivity (Wildman–Crippen MR) is 147 cm³/mol. The Bertz CT molecular complexity index is 1130. The first kappa shape index (κ1) is 31.7. The van der Waals surface area contributed by atoms with E-state index in [0.29, 0.717) is 5.06 Å². The topological polar surface area (TPSA) is 125 Å². The summed E-state index contributed by atoms with van der Waals surface area (Å²) >= 11 is 0. The van der Waals surface area contributed by atoms with Gasteiger partial charge < -0.3 is 20.4 Å². The summed E-state index contributed by atoms with van der Waals surface area (Å²) in [6.45, 7) is 13.1. The van der Waals surface area contributed by atoms with Gasteiger partial charge in [0.25, 0.3) is 11.8 Å². The van der Waals surface area contributed by atoms with E-state index in [9.17, 15) is 24.0 Å². The molecule has 1 aromatic carbocycles. The maximum Gasteiger partial charge on any atom is 0.359 e. The van der Waals surface area contributed by atoms with Crippen molar-refractivity contribution in [2.45, 2.75) is 78.8 Å². The average Bonchev–Trinajstić information content (AvgIpc) is 3.16. The molecule has 1 fully saturated rings. The molecular formula is C29H42N4O6. The van der Waals surface area contributed by atoms with Crippen LogP contribution in [0.5, 0.6) is 0 Å². The van der Waals surface area contributed by atoms with Crippen LogP contribution in [-0.4, -0.2) is 72.3 Å². The zero-order chi connectivity index (χ0) is 29.7. The molecule has 10 nitrogen and oxygen atoms in total. The second-order valence-corrected chi connectivity index (χ2v) is 11.7. The second kappa shape index (κ2) is 12.5. The molecule has 4 amide bonds. The third kappa shape index (κ3) is 7.75. The molecule has 0 bridgehead atoms. The van der Waals surface area contributed by atoms with Crippen molar-refractivity contribution >= 4 is 29.6 Å². The average molecular weight is 543 g/mol. The van der Waals surface area contributed by atoms with Crippen LogP contribution in [-0.2, 0) is 34.2 Å². The Morgan fingerprint density at radius 2 is 1.67 bits per heavy atom. The van der Waals surface area contributed by atoms with Gasteiger partial charge in [-0.25, -0.2) is 4.79 Å². The number of imide groups is 1. The summed E-state index contributed by atoms with van der Waals surface area (Å²) in [5.41, 5.74) is 1.04. The number of hydrogen-bond donors (Lipinski definition) is 2. The van der Waals surface area contributed by atoms with Crippen LogP contribution in [0.3, 0.4) is 0 Å². The predicted octanol–water partition coefficient (Wildman–Crippen LogP) is 2.40. The molecule has 39 heavy (non-hydrogen) atoms. The van der Waals surface area contributed by atoms with Gasteiger partial charge in [0.15, 0.2) is 0 Å². The van der Waals surface area contributed by atoms with Gasteiger partial charge in [-0.2, -0.15) is 0 Å². The molecule has 1 heterocycles. The Morgan fingerprint density at radius 1 is 1.08 bits per heavy atom. The lowest BCUT2D eigenvalue weighted by molar-refractivity contribution is -0.194. The minimum absolute atomic E-state index is 0.00259. The van der Waals surface area contributed by atoms with Gasteiger partial charge in [0.1, 0.15) is 6.04 Å². The first-order valence-corrected chi connectivity index (χ1v) is 13.0. The van der Waals surface area contributed by atoms with Gasteiger partial charge in [0, 0.05) is 37.4 Å². The van der Waals surface area contributed by atoms with Crippen LogP contribution in [0.25, 0.3) is 0 Å². The molecule has 2 N–H and O–H groups in total. The number of amides is 4. The number of hydrogen-bond acceptors (Lipinski definition) is 7. The van der Waals surface area contributed by atoms with Gasteiger partial charge in [-0.3, -0.25) is 19.2 Å². The fraction of sp³-hybridized carbons (Fsp3) is 0.552. The van der Waals surface area contributed by atoms with Crippen LogP contribution in [0, 0.1) is 12.3 Å². The Labute approximate surface area is 231 Å². The van der Waals surface area contributed by atoms with Crippen LogP contribution in [0.15, 0.2) is 35.9 Å². The summed E-state index contributed by atoms with van der Waals surface area (Å²) in [5.74, 6) is -2.62. The summed E-state index contributed by atoms with van der Waals surface area (Å²) in [4.78, 5) is 69.1. The Balaban J connectivity index is 2.15. The highest BCUT2D eigenvalue weighted by atomic mass is 16.7. The fourth-order valence-electron chi connectivity index (χ4n) is 4.39. The number of likely N-dealkylation sites (N-methyl/N-ethyl adjacent to an activating group) is 2. The van der Waals surface area contributed by atoms with Crippen molar-refractivity contribution in [3.8, 4) is 0 Å². The van der Waals surface area contributed by atoms with Crippen molar-refractivity contribution < 1.29 is 28.8 Å². The van der Waals surface area contributed by atoms with Gasteiger partial charge >= 0.3 is 5.97 Å². The Morgan fingerprint density at radius 3 is 2.18 bits per heavy atom. The van der Waals surface area contributed by atoms with Crippen LogP contribution in [0.4, 0.5) is 0 Å². The first-order valence-electron chi connectivity index (χ1n) is 13.0. The summed E-state index contributed by atoms with van der Waals surface area (Å²) in [7, 11) is 3.29. The van der Waals surface area contributed by atoms with Gasteiger partial charge in [0.2, 0.25) is 11.8 Å². The number of carbonyl (C=O) groups excluding carboxylic acids is 5. The van der Waals surface area contributed by atoms with E-state index in [4.69, 9.17) is 4.84 Å². The number of rotatable bonds is 10. The molecule has 0 radical (unpaired) electrons. The van der Waals surface area contributed by atoms with E-state index in [1.165, 1.54) is 17.9 Å². The van der Waals surface area contributed by atoms with E-state index in [0.717, 1.165) is 11.1 Å². The first-order chi connectivity index (χ1) is 18.0. The lowest BCUT2D eigenvalue weighted by Gasteiger charge is -2.38. The van der Waals surface area contributed by atoms with E-state index in [2.05, 4.69) is 10.6 Å². The highest BCUT2D eigenvalue weighted by Gasteiger charge is 2.40. The summed E-state index contributed by atoms with van der Waals surface area (Å²) in [6, 6.07) is 6.53. The standard InChI is InChI=1S/C29H42N4O6/c1-18-11-10-12-20(17-18)29(6,7)23(30-8)25(36)31-24(28(3,4)5)26(37)32(9)16-15-19(2)27(38)39-33-21(34)13-14-22(33)35/h10-12,15,17,23-24,30H,13-14,16H2,1-9H3,(H,31,36)/b19-15+. The van der Waals surface area contributed by atoms with Crippen LogP contribution in [0.1, 0.15) is 65.5 Å². The SMILES string of the molecule is CNC(C(=O)NC(C(=O)N(C)C/C=C(\C)C(=O)ON1C(=O)CCC1=O)C(C)(C)C)C(C)(C)c1cccc(C)c1. The van der Waals surface area contributed by atoms with Gasteiger partial charge in [-0.1, -0.05) is 70.5 Å². The van der Waals surface area contributed by atoms with Crippen molar-refractivity contribution in [2.75, 3.05) is 20.6 Å². The second-order valence-electron chi connectivity index (χ2n) is 11.7. The number of aryl methyl sites for hydroxylation is 1.